The molecule has 1 saturated carbocycles. The van der Waals surface area contributed by atoms with Crippen molar-refractivity contribution in [2.45, 2.75) is 83.7 Å². The summed E-state index contributed by atoms with van der Waals surface area (Å²) in [4.78, 5) is 7.63. The quantitative estimate of drug-likeness (QED) is 0.267. The second kappa shape index (κ2) is 13.5. The van der Waals surface area contributed by atoms with Gasteiger partial charge < -0.3 is 10.6 Å². The van der Waals surface area contributed by atoms with Crippen LogP contribution < -0.4 is 10.6 Å². The summed E-state index contributed by atoms with van der Waals surface area (Å²) >= 11 is 0. The summed E-state index contributed by atoms with van der Waals surface area (Å²) in [6, 6.07) is 0.854. The molecule has 0 radical (unpaired) electrons. The summed E-state index contributed by atoms with van der Waals surface area (Å²) in [6.07, 6.45) is 11.3. The fourth-order valence-electron chi connectivity index (χ4n) is 5.21. The number of halogens is 1. The van der Waals surface area contributed by atoms with Gasteiger partial charge in [-0.1, -0.05) is 19.3 Å². The number of guanidine groups is 1. The number of likely N-dealkylation sites (tertiary alicyclic amines) is 1. The molecule has 2 saturated heterocycles. The molecule has 7 nitrogen and oxygen atoms in total. The van der Waals surface area contributed by atoms with E-state index >= 15 is 0 Å². The molecule has 9 heteroatoms. The van der Waals surface area contributed by atoms with Gasteiger partial charge in [-0.05, 0) is 64.8 Å². The van der Waals surface area contributed by atoms with Crippen LogP contribution in [0.25, 0.3) is 0 Å². The minimum Gasteiger partial charge on any atom is -0.357 e. The average Bonchev–Trinajstić information content (AvgIpc) is 3.20. The van der Waals surface area contributed by atoms with E-state index in [9.17, 15) is 8.42 Å². The molecule has 1 aliphatic carbocycles. The van der Waals surface area contributed by atoms with E-state index in [4.69, 9.17) is 4.99 Å². The number of nitrogens with zero attached hydrogens (tertiary/aromatic N) is 3. The van der Waals surface area contributed by atoms with Gasteiger partial charge in [-0.2, -0.15) is 0 Å². The SMILES string of the molecule is CCNC(=NCC1CCCN1CC1CCCCC1)NC1CCN(S(=O)(=O)CC)CC1.I. The molecule has 2 N–H and O–H groups in total. The summed E-state index contributed by atoms with van der Waals surface area (Å²) < 4.78 is 25.8. The third-order valence-electron chi connectivity index (χ3n) is 7.07. The van der Waals surface area contributed by atoms with Crippen LogP contribution in [0.5, 0.6) is 0 Å². The summed E-state index contributed by atoms with van der Waals surface area (Å²) in [5, 5.41) is 6.96. The first-order valence-corrected chi connectivity index (χ1v) is 13.9. The standard InChI is InChI=1S/C22H43N5O2S.HI/c1-3-23-22(25-20-12-15-27(16-13-20)30(28,29)4-2)24-17-21-11-8-14-26(21)18-19-9-6-5-7-10-19;/h19-21H,3-18H2,1-2H3,(H2,23,24,25);1H. The molecule has 3 rings (SSSR count). The predicted octanol–water partition coefficient (Wildman–Crippen LogP) is 3.02. The molecule has 0 aromatic rings. The van der Waals surface area contributed by atoms with Gasteiger partial charge >= 0.3 is 0 Å². The van der Waals surface area contributed by atoms with Crippen molar-refractivity contribution in [1.29, 1.82) is 0 Å². The maximum Gasteiger partial charge on any atom is 0.213 e. The summed E-state index contributed by atoms with van der Waals surface area (Å²) in [7, 11) is -3.07. The third-order valence-corrected chi connectivity index (χ3v) is 8.96. The molecular formula is C22H44IN5O2S. The van der Waals surface area contributed by atoms with Crippen molar-refractivity contribution >= 4 is 40.0 Å². The van der Waals surface area contributed by atoms with Crippen LogP contribution in [0.15, 0.2) is 4.99 Å². The fourth-order valence-corrected chi connectivity index (χ4v) is 6.35. The molecule has 3 fully saturated rings. The number of rotatable bonds is 8. The molecule has 2 aliphatic heterocycles. The highest BCUT2D eigenvalue weighted by molar-refractivity contribution is 14.0. The van der Waals surface area contributed by atoms with E-state index < -0.39 is 10.0 Å². The van der Waals surface area contributed by atoms with E-state index in [0.717, 1.165) is 37.8 Å². The van der Waals surface area contributed by atoms with Crippen LogP contribution in [0.3, 0.4) is 0 Å². The Morgan fingerprint density at radius 1 is 0.968 bits per heavy atom. The molecule has 0 amide bonds. The second-order valence-corrected chi connectivity index (χ2v) is 11.5. The molecule has 1 atom stereocenters. The zero-order valence-electron chi connectivity index (χ0n) is 19.5. The number of nitrogens with one attached hydrogen (secondary N) is 2. The van der Waals surface area contributed by atoms with Crippen LogP contribution in [0.1, 0.15) is 71.6 Å². The van der Waals surface area contributed by atoms with Crippen molar-refractivity contribution in [1.82, 2.24) is 19.8 Å². The van der Waals surface area contributed by atoms with Gasteiger partial charge in [0.1, 0.15) is 0 Å². The number of piperidine rings is 1. The Morgan fingerprint density at radius 2 is 1.68 bits per heavy atom. The molecule has 0 aromatic heterocycles. The van der Waals surface area contributed by atoms with Crippen molar-refractivity contribution in [3.05, 3.63) is 0 Å². The van der Waals surface area contributed by atoms with Crippen molar-refractivity contribution in [2.24, 2.45) is 10.9 Å². The summed E-state index contributed by atoms with van der Waals surface area (Å²) in [5.74, 6) is 1.96. The molecule has 182 valence electrons. The van der Waals surface area contributed by atoms with E-state index in [2.05, 4.69) is 22.5 Å². The van der Waals surface area contributed by atoms with E-state index in [1.807, 2.05) is 0 Å². The largest absolute Gasteiger partial charge is 0.357 e. The first-order valence-electron chi connectivity index (χ1n) is 12.3. The molecule has 0 aromatic carbocycles. The minimum atomic E-state index is -3.07. The molecule has 2 heterocycles. The lowest BCUT2D eigenvalue weighted by Gasteiger charge is -2.32. The zero-order valence-corrected chi connectivity index (χ0v) is 22.7. The Hall–Kier alpha value is -0.130. The van der Waals surface area contributed by atoms with E-state index in [1.165, 1.54) is 58.0 Å². The van der Waals surface area contributed by atoms with Crippen LogP contribution >= 0.6 is 24.0 Å². The summed E-state index contributed by atoms with van der Waals surface area (Å²) in [5.41, 5.74) is 0. The van der Waals surface area contributed by atoms with Crippen LogP contribution in [0.2, 0.25) is 0 Å². The molecule has 3 aliphatic rings. The van der Waals surface area contributed by atoms with Gasteiger partial charge in [0.05, 0.1) is 12.3 Å². The topological polar surface area (TPSA) is 77.0 Å². The molecular weight excluding hydrogens is 525 g/mol. The van der Waals surface area contributed by atoms with Crippen LogP contribution in [-0.2, 0) is 10.0 Å². The maximum absolute atomic E-state index is 12.1. The monoisotopic (exact) mass is 569 g/mol. The lowest BCUT2D eigenvalue weighted by atomic mass is 9.89. The Balaban J connectivity index is 0.00000341. The van der Waals surface area contributed by atoms with Crippen LogP contribution in [0.4, 0.5) is 0 Å². The Bertz CT molecular complexity index is 646. The van der Waals surface area contributed by atoms with Crippen LogP contribution in [0, 0.1) is 5.92 Å². The Kier molecular flexibility index (Phi) is 11.8. The first kappa shape index (κ1) is 27.1. The highest BCUT2D eigenvalue weighted by Gasteiger charge is 2.29. The van der Waals surface area contributed by atoms with E-state index in [0.29, 0.717) is 19.1 Å². The lowest BCUT2D eigenvalue weighted by molar-refractivity contribution is 0.190. The van der Waals surface area contributed by atoms with Crippen molar-refractivity contribution in [3.63, 3.8) is 0 Å². The predicted molar refractivity (Wildman–Crippen MR) is 140 cm³/mol. The van der Waals surface area contributed by atoms with Gasteiger partial charge in [0, 0.05) is 38.3 Å². The van der Waals surface area contributed by atoms with Crippen LogP contribution in [-0.4, -0.2) is 80.7 Å². The normalized spacial score (nSPS) is 25.4. The van der Waals surface area contributed by atoms with Gasteiger partial charge in [-0.3, -0.25) is 9.89 Å². The number of aliphatic imine (C=N–C) groups is 1. The smallest absolute Gasteiger partial charge is 0.213 e. The average molecular weight is 570 g/mol. The van der Waals surface area contributed by atoms with Crippen molar-refractivity contribution in [3.8, 4) is 0 Å². The second-order valence-electron chi connectivity index (χ2n) is 9.23. The number of sulfonamides is 1. The van der Waals surface area contributed by atoms with Crippen molar-refractivity contribution < 1.29 is 8.42 Å². The molecule has 0 spiro atoms. The zero-order chi connectivity index (χ0) is 21.4. The highest BCUT2D eigenvalue weighted by atomic mass is 127. The van der Waals surface area contributed by atoms with Gasteiger partial charge in [-0.25, -0.2) is 12.7 Å². The number of hydrogen-bond acceptors (Lipinski definition) is 4. The highest BCUT2D eigenvalue weighted by Crippen LogP contribution is 2.27. The van der Waals surface area contributed by atoms with Crippen molar-refractivity contribution in [2.75, 3.05) is 45.0 Å². The summed E-state index contributed by atoms with van der Waals surface area (Å²) in [6.45, 7) is 9.20. The fraction of sp³-hybridized carbons (Fsp3) is 0.955. The Labute approximate surface area is 207 Å². The van der Waals surface area contributed by atoms with Gasteiger partial charge in [0.25, 0.3) is 0 Å². The minimum absolute atomic E-state index is 0. The van der Waals surface area contributed by atoms with E-state index in [1.54, 1.807) is 11.2 Å². The maximum atomic E-state index is 12.1. The molecule has 0 bridgehead atoms. The first-order chi connectivity index (χ1) is 14.5. The molecule has 1 unspecified atom stereocenters. The van der Waals surface area contributed by atoms with Gasteiger partial charge in [-0.15, -0.1) is 24.0 Å². The van der Waals surface area contributed by atoms with Gasteiger partial charge in [0.2, 0.25) is 10.0 Å². The van der Waals surface area contributed by atoms with E-state index in [-0.39, 0.29) is 35.8 Å². The van der Waals surface area contributed by atoms with Gasteiger partial charge in [0.15, 0.2) is 5.96 Å². The third kappa shape index (κ3) is 8.30. The Morgan fingerprint density at radius 3 is 2.32 bits per heavy atom. The molecule has 31 heavy (non-hydrogen) atoms. The lowest BCUT2D eigenvalue weighted by Crippen LogP contribution is -2.50. The number of hydrogen-bond donors (Lipinski definition) is 2.